The van der Waals surface area contributed by atoms with Gasteiger partial charge in [0.25, 0.3) is 5.91 Å². The fraction of sp³-hybridized carbons (Fsp3) is 0.174. The Morgan fingerprint density at radius 2 is 1.74 bits per heavy atom. The zero-order valence-electron chi connectivity index (χ0n) is 17.6. The number of hydrogen-bond donors (Lipinski definition) is 1. The SMILES string of the molecule is COc1ccc(NC(=O)c2cnc3c(-c4ccc(F)cc4)c(C)nn3c2C)cc1OC. The lowest BCUT2D eigenvalue weighted by Crippen LogP contribution is -2.16. The smallest absolute Gasteiger partial charge is 0.259 e. The van der Waals surface area contributed by atoms with E-state index < -0.39 is 0 Å². The third-order valence-electron chi connectivity index (χ3n) is 5.08. The maximum absolute atomic E-state index is 13.3. The first kappa shape index (κ1) is 20.3. The van der Waals surface area contributed by atoms with Crippen molar-refractivity contribution >= 4 is 17.2 Å². The fourth-order valence-electron chi connectivity index (χ4n) is 3.49. The van der Waals surface area contributed by atoms with E-state index >= 15 is 0 Å². The lowest BCUT2D eigenvalue weighted by atomic mass is 10.1. The molecule has 2 aromatic carbocycles. The Bertz CT molecular complexity index is 1280. The number of ether oxygens (including phenoxy) is 2. The van der Waals surface area contributed by atoms with Crippen LogP contribution in [-0.4, -0.2) is 34.7 Å². The second-order valence-electron chi connectivity index (χ2n) is 6.98. The summed E-state index contributed by atoms with van der Waals surface area (Å²) >= 11 is 0. The van der Waals surface area contributed by atoms with E-state index in [4.69, 9.17) is 9.47 Å². The van der Waals surface area contributed by atoms with E-state index in [-0.39, 0.29) is 11.7 Å². The molecule has 4 rings (SSSR count). The van der Waals surface area contributed by atoms with Gasteiger partial charge in [0.2, 0.25) is 0 Å². The number of aryl methyl sites for hydroxylation is 2. The number of rotatable bonds is 5. The van der Waals surface area contributed by atoms with Crippen molar-refractivity contribution in [3.8, 4) is 22.6 Å². The van der Waals surface area contributed by atoms with Crippen molar-refractivity contribution in [3.63, 3.8) is 0 Å². The molecular formula is C23H21FN4O3. The summed E-state index contributed by atoms with van der Waals surface area (Å²) in [6, 6.07) is 11.3. The van der Waals surface area contributed by atoms with Gasteiger partial charge in [-0.15, -0.1) is 0 Å². The second kappa shape index (κ2) is 8.06. The number of aromatic nitrogens is 3. The quantitative estimate of drug-likeness (QED) is 0.517. The van der Waals surface area contributed by atoms with Crippen LogP contribution in [0.15, 0.2) is 48.7 Å². The van der Waals surface area contributed by atoms with Crippen LogP contribution < -0.4 is 14.8 Å². The summed E-state index contributed by atoms with van der Waals surface area (Å²) in [6.45, 7) is 3.66. The highest BCUT2D eigenvalue weighted by atomic mass is 19.1. The number of nitrogens with one attached hydrogen (secondary N) is 1. The van der Waals surface area contributed by atoms with Crippen molar-refractivity contribution in [1.82, 2.24) is 14.6 Å². The average molecular weight is 420 g/mol. The summed E-state index contributed by atoms with van der Waals surface area (Å²) in [4.78, 5) is 17.4. The predicted octanol–water partition coefficient (Wildman–Crippen LogP) is 4.42. The Labute approximate surface area is 178 Å². The molecule has 4 aromatic rings. The van der Waals surface area contributed by atoms with Gasteiger partial charge in [0.05, 0.1) is 31.2 Å². The average Bonchev–Trinajstić information content (AvgIpc) is 3.11. The van der Waals surface area contributed by atoms with Gasteiger partial charge in [-0.25, -0.2) is 13.9 Å². The van der Waals surface area contributed by atoms with Gasteiger partial charge in [0.15, 0.2) is 17.1 Å². The van der Waals surface area contributed by atoms with Crippen molar-refractivity contribution in [3.05, 3.63) is 71.4 Å². The molecule has 0 spiro atoms. The Morgan fingerprint density at radius 1 is 1.03 bits per heavy atom. The Hall–Kier alpha value is -3.94. The highest BCUT2D eigenvalue weighted by Crippen LogP contribution is 2.31. The van der Waals surface area contributed by atoms with Gasteiger partial charge in [-0.3, -0.25) is 4.79 Å². The topological polar surface area (TPSA) is 77.8 Å². The summed E-state index contributed by atoms with van der Waals surface area (Å²) in [5, 5.41) is 7.41. The molecule has 0 saturated carbocycles. The van der Waals surface area contributed by atoms with E-state index in [1.165, 1.54) is 25.4 Å². The number of carbonyl (C=O) groups excluding carboxylic acids is 1. The number of anilines is 1. The molecule has 1 amide bonds. The normalized spacial score (nSPS) is 10.9. The fourth-order valence-corrected chi connectivity index (χ4v) is 3.49. The summed E-state index contributed by atoms with van der Waals surface area (Å²) in [5.74, 6) is 0.448. The van der Waals surface area contributed by atoms with Crippen LogP contribution in [-0.2, 0) is 0 Å². The van der Waals surface area contributed by atoms with E-state index in [9.17, 15) is 9.18 Å². The molecule has 2 heterocycles. The van der Waals surface area contributed by atoms with Gasteiger partial charge >= 0.3 is 0 Å². The van der Waals surface area contributed by atoms with Crippen molar-refractivity contribution < 1.29 is 18.7 Å². The molecule has 0 atom stereocenters. The van der Waals surface area contributed by atoms with Gasteiger partial charge in [0, 0.05) is 23.5 Å². The highest BCUT2D eigenvalue weighted by Gasteiger charge is 2.19. The maximum Gasteiger partial charge on any atom is 0.259 e. The number of carbonyl (C=O) groups is 1. The standard InChI is InChI=1S/C23H21FN4O3/c1-13-21(15-5-7-16(24)8-6-15)22-25-12-18(14(2)28(22)27-13)23(29)26-17-9-10-19(30-3)20(11-17)31-4/h5-12H,1-4H3,(H,26,29). The van der Waals surface area contributed by atoms with E-state index in [0.29, 0.717) is 34.1 Å². The van der Waals surface area contributed by atoms with E-state index in [1.807, 2.05) is 6.92 Å². The molecule has 0 aliphatic rings. The van der Waals surface area contributed by atoms with Crippen LogP contribution in [0.1, 0.15) is 21.7 Å². The van der Waals surface area contributed by atoms with Crippen LogP contribution in [0, 0.1) is 19.7 Å². The summed E-state index contributed by atoms with van der Waals surface area (Å²) in [7, 11) is 3.08. The number of hydrogen-bond acceptors (Lipinski definition) is 5. The summed E-state index contributed by atoms with van der Waals surface area (Å²) in [5.41, 5.74) is 4.53. The first-order valence-electron chi connectivity index (χ1n) is 9.57. The Morgan fingerprint density at radius 3 is 2.42 bits per heavy atom. The molecule has 0 aliphatic carbocycles. The van der Waals surface area contributed by atoms with Gasteiger partial charge in [-0.2, -0.15) is 5.10 Å². The van der Waals surface area contributed by atoms with Gasteiger partial charge in [-0.1, -0.05) is 12.1 Å². The monoisotopic (exact) mass is 420 g/mol. The lowest BCUT2D eigenvalue weighted by Gasteiger charge is -2.12. The molecule has 8 heteroatoms. The van der Waals surface area contributed by atoms with Crippen LogP contribution in [0.5, 0.6) is 11.5 Å². The van der Waals surface area contributed by atoms with Crippen molar-refractivity contribution in [2.75, 3.05) is 19.5 Å². The van der Waals surface area contributed by atoms with Crippen LogP contribution in [0.3, 0.4) is 0 Å². The summed E-state index contributed by atoms with van der Waals surface area (Å²) in [6.07, 6.45) is 1.52. The predicted molar refractivity (Wildman–Crippen MR) is 115 cm³/mol. The maximum atomic E-state index is 13.3. The van der Waals surface area contributed by atoms with Gasteiger partial charge in [0.1, 0.15) is 5.82 Å². The van der Waals surface area contributed by atoms with Crippen LogP contribution in [0.4, 0.5) is 10.1 Å². The zero-order valence-corrected chi connectivity index (χ0v) is 17.6. The number of nitrogens with zero attached hydrogens (tertiary/aromatic N) is 3. The summed E-state index contributed by atoms with van der Waals surface area (Å²) < 4.78 is 25.5. The van der Waals surface area contributed by atoms with Crippen molar-refractivity contribution in [1.29, 1.82) is 0 Å². The number of halogens is 1. The number of methoxy groups -OCH3 is 2. The van der Waals surface area contributed by atoms with E-state index in [1.54, 1.807) is 48.9 Å². The minimum atomic E-state index is -0.324. The third kappa shape index (κ3) is 3.68. The Balaban J connectivity index is 1.70. The molecule has 0 radical (unpaired) electrons. The third-order valence-corrected chi connectivity index (χ3v) is 5.08. The minimum Gasteiger partial charge on any atom is -0.493 e. The van der Waals surface area contributed by atoms with Crippen LogP contribution in [0.2, 0.25) is 0 Å². The molecule has 7 nitrogen and oxygen atoms in total. The minimum absolute atomic E-state index is 0.309. The number of fused-ring (bicyclic) bond motifs is 1. The molecule has 1 N–H and O–H groups in total. The number of benzene rings is 2. The van der Waals surface area contributed by atoms with Crippen LogP contribution in [0.25, 0.3) is 16.8 Å². The second-order valence-corrected chi connectivity index (χ2v) is 6.98. The van der Waals surface area contributed by atoms with Crippen LogP contribution >= 0.6 is 0 Å². The highest BCUT2D eigenvalue weighted by molar-refractivity contribution is 6.05. The molecule has 158 valence electrons. The first-order valence-corrected chi connectivity index (χ1v) is 9.57. The first-order chi connectivity index (χ1) is 14.9. The van der Waals surface area contributed by atoms with E-state index in [2.05, 4.69) is 15.4 Å². The molecule has 0 saturated heterocycles. The molecule has 2 aromatic heterocycles. The van der Waals surface area contributed by atoms with Gasteiger partial charge in [-0.05, 0) is 43.7 Å². The molecule has 0 fully saturated rings. The molecule has 0 aliphatic heterocycles. The molecule has 31 heavy (non-hydrogen) atoms. The van der Waals surface area contributed by atoms with Crippen molar-refractivity contribution in [2.24, 2.45) is 0 Å². The van der Waals surface area contributed by atoms with Gasteiger partial charge < -0.3 is 14.8 Å². The zero-order chi connectivity index (χ0) is 22.1. The Kier molecular flexibility index (Phi) is 5.29. The molecule has 0 unspecified atom stereocenters. The van der Waals surface area contributed by atoms with Crippen molar-refractivity contribution in [2.45, 2.75) is 13.8 Å². The largest absolute Gasteiger partial charge is 0.493 e. The molecular weight excluding hydrogens is 399 g/mol. The lowest BCUT2D eigenvalue weighted by molar-refractivity contribution is 0.102. The number of amides is 1. The van der Waals surface area contributed by atoms with E-state index in [0.717, 1.165) is 16.8 Å². The molecule has 0 bridgehead atoms.